The van der Waals surface area contributed by atoms with Crippen LogP contribution >= 0.6 is 0 Å². The molecule has 0 aliphatic rings. The highest BCUT2D eigenvalue weighted by molar-refractivity contribution is 6.31. The number of furan rings is 2. The Balaban J connectivity index is 0.000000102. The molecule has 0 saturated heterocycles. The van der Waals surface area contributed by atoms with E-state index in [2.05, 4.69) is 376 Å². The molecule has 21 aromatic carbocycles. The van der Waals surface area contributed by atoms with Gasteiger partial charge in [-0.05, 0) is 173 Å². The molecule has 11 nitrogen and oxygen atoms in total. The molecule has 0 unspecified atom stereocenters. The lowest BCUT2D eigenvalue weighted by Crippen LogP contribution is -1.99. The van der Waals surface area contributed by atoms with Crippen molar-refractivity contribution in [3.05, 3.63) is 467 Å². The van der Waals surface area contributed by atoms with E-state index in [1.807, 2.05) is 109 Å². The van der Waals surface area contributed by atoms with E-state index in [1.165, 1.54) is 103 Å². The van der Waals surface area contributed by atoms with Crippen LogP contribution in [-0.2, 0) is 0 Å². The van der Waals surface area contributed by atoms with Crippen molar-refractivity contribution in [3.63, 3.8) is 0 Å². The Labute approximate surface area is 789 Å². The number of benzene rings is 21. The topological polar surface area (TPSA) is 110 Å². The molecule has 0 bridgehead atoms. The van der Waals surface area contributed by atoms with Crippen molar-refractivity contribution in [2.24, 2.45) is 0 Å². The third kappa shape index (κ3) is 12.4. The molecule has 0 aliphatic carbocycles. The molecule has 0 N–H and O–H groups in total. The molecule has 642 valence electrons. The van der Waals surface area contributed by atoms with Crippen molar-refractivity contribution in [1.82, 2.24) is 43.2 Å². The van der Waals surface area contributed by atoms with E-state index < -0.39 is 0 Å². The van der Waals surface area contributed by atoms with Gasteiger partial charge < -0.3 is 22.5 Å². The Hall–Kier alpha value is -18.7. The fourth-order valence-electron chi connectivity index (χ4n) is 21.8. The van der Waals surface area contributed by atoms with E-state index in [1.54, 1.807) is 0 Å². The second-order valence-corrected chi connectivity index (χ2v) is 35.5. The minimum atomic E-state index is 0.873. The number of hydrogen-bond donors (Lipinski definition) is 0. The molecule has 30 aromatic rings. The average molecular weight is 1760 g/mol. The van der Waals surface area contributed by atoms with E-state index in [0.717, 1.165) is 172 Å². The van der Waals surface area contributed by atoms with Crippen molar-refractivity contribution >= 4 is 196 Å². The van der Waals surface area contributed by atoms with Gasteiger partial charge in [0.2, 0.25) is 0 Å². The Kier molecular flexibility index (Phi) is 17.8. The smallest absolute Gasteiger partial charge is 0.143 e. The molecule has 11 heteroatoms. The van der Waals surface area contributed by atoms with Crippen LogP contribution in [0.15, 0.2) is 476 Å². The highest BCUT2D eigenvalue weighted by Gasteiger charge is 2.26. The summed E-state index contributed by atoms with van der Waals surface area (Å²) in [5.74, 6) is 0.919. The van der Waals surface area contributed by atoms with Crippen LogP contribution in [0.25, 0.3) is 275 Å². The summed E-state index contributed by atoms with van der Waals surface area (Å²) in [7, 11) is 0. The fourth-order valence-corrected chi connectivity index (χ4v) is 21.8. The van der Waals surface area contributed by atoms with Gasteiger partial charge in [0.05, 0.1) is 94.5 Å². The van der Waals surface area contributed by atoms with Crippen molar-refractivity contribution in [3.8, 4) is 79.0 Å². The Morgan fingerprint density at radius 3 is 1.01 bits per heavy atom. The molecule has 9 heterocycles. The summed E-state index contributed by atoms with van der Waals surface area (Å²) in [6, 6.07) is 165. The molecule has 138 heavy (non-hydrogen) atoms. The number of rotatable bonds is 9. The van der Waals surface area contributed by atoms with E-state index in [0.29, 0.717) is 0 Å². The van der Waals surface area contributed by atoms with Gasteiger partial charge in [0.15, 0.2) is 0 Å². The average Bonchev–Trinajstić information content (AvgIpc) is 1.55. The maximum Gasteiger partial charge on any atom is 0.143 e. The number of hydrogen-bond acceptors (Lipinski definition) is 7. The quantitative estimate of drug-likeness (QED) is 0.142. The van der Waals surface area contributed by atoms with Gasteiger partial charge in [-0.3, -0.25) is 4.57 Å². The van der Waals surface area contributed by atoms with Crippen LogP contribution in [0.4, 0.5) is 0 Å². The highest BCUT2D eigenvalue weighted by Crippen LogP contribution is 2.48. The summed E-state index contributed by atoms with van der Waals surface area (Å²) in [5.41, 5.74) is 31.0. The van der Waals surface area contributed by atoms with Crippen LogP contribution in [0.1, 0.15) is 0 Å². The van der Waals surface area contributed by atoms with Crippen LogP contribution in [0.2, 0.25) is 0 Å². The molecule has 0 fully saturated rings. The minimum absolute atomic E-state index is 0.873. The summed E-state index contributed by atoms with van der Waals surface area (Å²) in [5, 5.41) is 22.8. The maximum absolute atomic E-state index is 6.42. The zero-order valence-corrected chi connectivity index (χ0v) is 74.3. The zero-order chi connectivity index (χ0) is 90.6. The molecule has 0 radical (unpaired) electrons. The normalized spacial score (nSPS) is 11.9. The molecule has 0 atom stereocenters. The van der Waals surface area contributed by atoms with Crippen LogP contribution in [-0.4, -0.2) is 43.2 Å². The molecular weight excluding hydrogens is 1680 g/mol. The van der Waals surface area contributed by atoms with Crippen molar-refractivity contribution in [2.75, 3.05) is 0 Å². The van der Waals surface area contributed by atoms with Crippen LogP contribution in [0.5, 0.6) is 0 Å². The molecule has 30 rings (SSSR count). The molecule has 0 aliphatic heterocycles. The number of pyridine rings is 1. The zero-order valence-electron chi connectivity index (χ0n) is 74.3. The van der Waals surface area contributed by atoms with Gasteiger partial charge in [0, 0.05) is 125 Å². The van der Waals surface area contributed by atoms with Gasteiger partial charge in [-0.25, -0.2) is 24.9 Å². The number of para-hydroxylation sites is 12. The first-order valence-electron chi connectivity index (χ1n) is 46.8. The van der Waals surface area contributed by atoms with Gasteiger partial charge >= 0.3 is 0 Å². The van der Waals surface area contributed by atoms with E-state index >= 15 is 0 Å². The summed E-state index contributed by atoms with van der Waals surface area (Å²) < 4.78 is 22.2. The predicted molar refractivity (Wildman–Crippen MR) is 572 cm³/mol. The highest BCUT2D eigenvalue weighted by atomic mass is 16.3. The summed E-state index contributed by atoms with van der Waals surface area (Å²) in [6.45, 7) is 0. The molecule has 9 aromatic heterocycles. The van der Waals surface area contributed by atoms with E-state index in [4.69, 9.17) is 33.8 Å². The lowest BCUT2D eigenvalue weighted by atomic mass is 10.0. The Bertz CT molecular complexity index is 10200. The molecule has 0 spiro atoms. The summed E-state index contributed by atoms with van der Waals surface area (Å²) in [6.07, 6.45) is 0. The van der Waals surface area contributed by atoms with Gasteiger partial charge in [-0.2, -0.15) is 0 Å². The third-order valence-electron chi connectivity index (χ3n) is 27.9. The Morgan fingerprint density at radius 2 is 0.493 bits per heavy atom. The lowest BCUT2D eigenvalue weighted by molar-refractivity contribution is 0.669. The number of fused-ring (bicyclic) bond motifs is 30. The van der Waals surface area contributed by atoms with Gasteiger partial charge in [0.1, 0.15) is 28.1 Å². The number of nitrogens with zero attached hydrogens (tertiary/aromatic N) is 9. The minimum Gasteiger partial charge on any atom is -0.456 e. The van der Waals surface area contributed by atoms with Crippen molar-refractivity contribution in [1.29, 1.82) is 0 Å². The second-order valence-electron chi connectivity index (χ2n) is 35.5. The first-order chi connectivity index (χ1) is 68.5. The monoisotopic (exact) mass is 1760 g/mol. The third-order valence-corrected chi connectivity index (χ3v) is 27.9. The molecular formula is C127H77N9O2. The molecule has 0 saturated carbocycles. The largest absolute Gasteiger partial charge is 0.456 e. The second kappa shape index (κ2) is 31.5. The lowest BCUT2D eigenvalue weighted by Gasteiger charge is -2.13. The SMILES string of the molecule is c1ccc(-c2cc(-n3c4ccccc4c4c5ccc6c7ccccc7n(-c7ccccc7)c6c5ccc43)nc3ccccc23)cc1.c1ccc(-c2nc3ccccc3nc2-c2ccc(-n3c4ccccc4c4c5ccc6c7ccccc7oc6c5ccc43)cc2)cc1.c1ccc(-c2nc3ccccc3nc2-c2ccc(-n3c4ccccc4c4ccc5c(ccc6oc7ccccc7c65)c43)cc2)cc1. The van der Waals surface area contributed by atoms with E-state index in [9.17, 15) is 0 Å². The van der Waals surface area contributed by atoms with Crippen molar-refractivity contribution < 1.29 is 8.83 Å². The Morgan fingerprint density at radius 1 is 0.167 bits per heavy atom. The first-order valence-corrected chi connectivity index (χ1v) is 46.8. The fraction of sp³-hybridized carbons (Fsp3) is 0. The van der Waals surface area contributed by atoms with Crippen LogP contribution in [0.3, 0.4) is 0 Å². The standard InChI is InChI=1S/C43H27N3.2C42H25N3O/c1-3-13-28(14-4-1)36-27-41(44-37-20-10-7-17-30(36)37)46-39-22-12-9-19-35(39)42-32-23-24-33-31-18-8-11-21-38(31)45(29-15-5-2-6-16-29)43(33)34(32)25-26-40(42)46;1-2-10-26(11-3-1)40-41(44-35-15-7-6-14-34(35)43-40)27-18-20-28(21-19-27)45-36-16-8-4-13-33(36)39-30-22-23-31-29-12-5-9-17-38(29)46-42(31)32(30)24-25-37(39)45;1-2-10-26(11-3-1)40-41(44-35-15-7-6-14-34(35)43-40)27-18-20-28(21-19-27)45-36-16-8-4-12-29(36)31-23-22-30-32(42(31)45)24-25-38-39(30)33-13-5-9-17-37(33)46-38/h1-27H;2*1-25H. The van der Waals surface area contributed by atoms with Crippen LogP contribution < -0.4 is 0 Å². The van der Waals surface area contributed by atoms with Gasteiger partial charge in [-0.15, -0.1) is 0 Å². The maximum atomic E-state index is 6.42. The predicted octanol–water partition coefficient (Wildman–Crippen LogP) is 33.5. The summed E-state index contributed by atoms with van der Waals surface area (Å²) in [4.78, 5) is 25.7. The molecule has 0 amide bonds. The van der Waals surface area contributed by atoms with Gasteiger partial charge in [-0.1, -0.05) is 322 Å². The van der Waals surface area contributed by atoms with Crippen LogP contribution in [0, 0.1) is 0 Å². The van der Waals surface area contributed by atoms with E-state index in [-0.39, 0.29) is 0 Å². The van der Waals surface area contributed by atoms with Crippen molar-refractivity contribution in [2.45, 2.75) is 0 Å². The summed E-state index contributed by atoms with van der Waals surface area (Å²) >= 11 is 0. The first kappa shape index (κ1) is 78.0. The van der Waals surface area contributed by atoms with Gasteiger partial charge in [0.25, 0.3) is 0 Å². The number of aromatic nitrogens is 9.